The lowest BCUT2D eigenvalue weighted by atomic mass is 10.0. The molecule has 0 bridgehead atoms. The Morgan fingerprint density at radius 3 is 2.28 bits per heavy atom. The van der Waals surface area contributed by atoms with Crippen LogP contribution in [0.4, 0.5) is 5.69 Å². The topological polar surface area (TPSA) is 63.3 Å². The molecule has 92 valence electrons. The number of nitrogen functional groups attached to an aromatic ring is 1. The van der Waals surface area contributed by atoms with Crippen LogP contribution in [0.5, 0.6) is 0 Å². The molecular weight excluding hydrogens is 246 g/mol. The van der Waals surface area contributed by atoms with Crippen molar-refractivity contribution in [1.29, 1.82) is 0 Å². The third-order valence-corrected chi connectivity index (χ3v) is 3.45. The minimum atomic E-state index is -1.00. The average Bonchev–Trinajstić information content (AvgIpc) is 2.39. The molecule has 0 unspecified atom stereocenters. The molecule has 0 atom stereocenters. The van der Waals surface area contributed by atoms with Crippen molar-refractivity contribution in [2.75, 3.05) is 12.0 Å². The van der Waals surface area contributed by atoms with Crippen molar-refractivity contribution in [1.82, 2.24) is 0 Å². The maximum atomic E-state index is 11.0. The van der Waals surface area contributed by atoms with Gasteiger partial charge in [0.2, 0.25) is 0 Å². The molecule has 2 rings (SSSR count). The van der Waals surface area contributed by atoms with E-state index >= 15 is 0 Å². The molecule has 0 saturated carbocycles. The predicted octanol–water partition coefficient (Wildman–Crippen LogP) is 3.36. The van der Waals surface area contributed by atoms with Crippen LogP contribution in [0.1, 0.15) is 10.4 Å². The number of hydrogen-bond acceptors (Lipinski definition) is 3. The molecule has 0 radical (unpaired) electrons. The Bertz CT molecular complexity index is 579. The van der Waals surface area contributed by atoms with Gasteiger partial charge in [-0.1, -0.05) is 18.2 Å². The van der Waals surface area contributed by atoms with E-state index in [1.165, 1.54) is 4.90 Å². The average molecular weight is 259 g/mol. The highest BCUT2D eigenvalue weighted by Gasteiger charge is 2.09. The maximum Gasteiger partial charge on any atom is 0.337 e. The van der Waals surface area contributed by atoms with Crippen molar-refractivity contribution < 1.29 is 9.90 Å². The minimum Gasteiger partial charge on any atom is -0.478 e. The molecule has 18 heavy (non-hydrogen) atoms. The van der Waals surface area contributed by atoms with Crippen molar-refractivity contribution in [3.8, 4) is 11.1 Å². The molecule has 0 aliphatic rings. The van der Waals surface area contributed by atoms with Gasteiger partial charge in [-0.15, -0.1) is 11.8 Å². The van der Waals surface area contributed by atoms with Crippen LogP contribution in [0.15, 0.2) is 47.4 Å². The number of hydrogen-bond donors (Lipinski definition) is 2. The largest absolute Gasteiger partial charge is 0.478 e. The normalized spacial score (nSPS) is 10.3. The summed E-state index contributed by atoms with van der Waals surface area (Å²) in [5.41, 5.74) is 7.89. The first kappa shape index (κ1) is 12.5. The molecular formula is C14H13NO2S. The van der Waals surface area contributed by atoms with Gasteiger partial charge in [-0.3, -0.25) is 0 Å². The Kier molecular flexibility index (Phi) is 3.58. The zero-order valence-corrected chi connectivity index (χ0v) is 10.7. The lowest BCUT2D eigenvalue weighted by Gasteiger charge is -2.06. The molecule has 0 amide bonds. The number of carbonyl (C=O) groups is 1. The van der Waals surface area contributed by atoms with Crippen molar-refractivity contribution in [3.05, 3.63) is 48.0 Å². The Hall–Kier alpha value is -1.94. The second kappa shape index (κ2) is 5.14. The molecule has 3 N–H and O–H groups in total. The second-order valence-corrected chi connectivity index (χ2v) is 4.72. The highest BCUT2D eigenvalue weighted by molar-refractivity contribution is 7.98. The number of aromatic carboxylic acids is 1. The molecule has 0 fully saturated rings. The third kappa shape index (κ3) is 2.49. The summed E-state index contributed by atoms with van der Waals surface area (Å²) in [7, 11) is 0. The van der Waals surface area contributed by atoms with Crippen LogP contribution in [0, 0.1) is 0 Å². The monoisotopic (exact) mass is 259 g/mol. The van der Waals surface area contributed by atoms with Crippen LogP contribution >= 0.6 is 11.8 Å². The van der Waals surface area contributed by atoms with Crippen molar-refractivity contribution >= 4 is 23.4 Å². The lowest BCUT2D eigenvalue weighted by Crippen LogP contribution is -2.02. The van der Waals surface area contributed by atoms with Crippen molar-refractivity contribution in [2.45, 2.75) is 4.90 Å². The molecule has 0 aliphatic carbocycles. The van der Waals surface area contributed by atoms with Crippen molar-refractivity contribution in [2.24, 2.45) is 0 Å². The summed E-state index contributed by atoms with van der Waals surface area (Å²) in [5.74, 6) is -1.00. The number of thioether (sulfide) groups is 1. The number of rotatable bonds is 3. The Labute approximate surface area is 110 Å². The van der Waals surface area contributed by atoms with Crippen LogP contribution in [-0.4, -0.2) is 17.3 Å². The number of carboxylic acids is 1. The van der Waals surface area contributed by atoms with Crippen LogP contribution in [0.3, 0.4) is 0 Å². The van der Waals surface area contributed by atoms with E-state index in [0.29, 0.717) is 0 Å². The zero-order chi connectivity index (χ0) is 13.1. The summed E-state index contributed by atoms with van der Waals surface area (Å²) in [6, 6.07) is 13.0. The Morgan fingerprint density at radius 1 is 1.11 bits per heavy atom. The fourth-order valence-electron chi connectivity index (χ4n) is 1.70. The zero-order valence-electron chi connectivity index (χ0n) is 9.88. The van der Waals surface area contributed by atoms with E-state index in [2.05, 4.69) is 0 Å². The molecule has 0 heterocycles. The van der Waals surface area contributed by atoms with Crippen LogP contribution in [0.2, 0.25) is 0 Å². The van der Waals surface area contributed by atoms with Gasteiger partial charge in [-0.2, -0.15) is 0 Å². The van der Waals surface area contributed by atoms with Gasteiger partial charge in [0.1, 0.15) is 0 Å². The molecule has 0 aromatic heterocycles. The minimum absolute atomic E-state index is 0.140. The fraction of sp³-hybridized carbons (Fsp3) is 0.0714. The highest BCUT2D eigenvalue weighted by Crippen LogP contribution is 2.26. The summed E-state index contributed by atoms with van der Waals surface area (Å²) in [6.07, 6.45) is 2.01. The van der Waals surface area contributed by atoms with E-state index < -0.39 is 5.97 Å². The van der Waals surface area contributed by atoms with Gasteiger partial charge in [-0.25, -0.2) is 4.79 Å². The molecule has 4 heteroatoms. The molecule has 0 aliphatic heterocycles. The quantitative estimate of drug-likeness (QED) is 0.655. The molecule has 0 spiro atoms. The summed E-state index contributed by atoms with van der Waals surface area (Å²) in [6.45, 7) is 0. The summed E-state index contributed by atoms with van der Waals surface area (Å²) >= 11 is 1.67. The van der Waals surface area contributed by atoms with E-state index in [1.807, 2.05) is 36.6 Å². The first-order chi connectivity index (χ1) is 8.61. The maximum absolute atomic E-state index is 11.0. The smallest absolute Gasteiger partial charge is 0.337 e. The number of anilines is 1. The highest BCUT2D eigenvalue weighted by atomic mass is 32.2. The van der Waals surface area contributed by atoms with E-state index in [9.17, 15) is 4.79 Å². The van der Waals surface area contributed by atoms with Gasteiger partial charge in [0.15, 0.2) is 0 Å². The Balaban J connectivity index is 2.44. The third-order valence-electron chi connectivity index (χ3n) is 2.71. The van der Waals surface area contributed by atoms with Gasteiger partial charge in [-0.05, 0) is 41.6 Å². The Morgan fingerprint density at radius 2 is 1.72 bits per heavy atom. The van der Waals surface area contributed by atoms with Crippen LogP contribution < -0.4 is 5.73 Å². The fourth-order valence-corrected chi connectivity index (χ4v) is 2.11. The first-order valence-corrected chi connectivity index (χ1v) is 6.61. The van der Waals surface area contributed by atoms with E-state index in [1.54, 1.807) is 23.9 Å². The predicted molar refractivity (Wildman–Crippen MR) is 75.0 cm³/mol. The summed E-state index contributed by atoms with van der Waals surface area (Å²) < 4.78 is 0. The van der Waals surface area contributed by atoms with Crippen molar-refractivity contribution in [3.63, 3.8) is 0 Å². The SMILES string of the molecule is CSc1ccc(-c2ccc(N)c(C(=O)O)c2)cc1. The van der Waals surface area contributed by atoms with Gasteiger partial charge >= 0.3 is 5.97 Å². The number of benzene rings is 2. The van der Waals surface area contributed by atoms with Crippen LogP contribution in [-0.2, 0) is 0 Å². The van der Waals surface area contributed by atoms with Crippen LogP contribution in [0.25, 0.3) is 11.1 Å². The number of nitrogens with two attached hydrogens (primary N) is 1. The van der Waals surface area contributed by atoms with Gasteiger partial charge in [0.25, 0.3) is 0 Å². The lowest BCUT2D eigenvalue weighted by molar-refractivity contribution is 0.0698. The molecule has 2 aromatic rings. The molecule has 3 nitrogen and oxygen atoms in total. The first-order valence-electron chi connectivity index (χ1n) is 5.39. The molecule has 2 aromatic carbocycles. The van der Waals surface area contributed by atoms with Gasteiger partial charge in [0, 0.05) is 10.6 Å². The summed E-state index contributed by atoms with van der Waals surface area (Å²) in [4.78, 5) is 12.2. The van der Waals surface area contributed by atoms with E-state index in [4.69, 9.17) is 10.8 Å². The summed E-state index contributed by atoms with van der Waals surface area (Å²) in [5, 5.41) is 9.04. The van der Waals surface area contributed by atoms with E-state index in [0.717, 1.165) is 11.1 Å². The standard InChI is InChI=1S/C14H13NO2S/c1-18-11-5-2-9(3-6-11)10-4-7-13(15)12(8-10)14(16)17/h2-8H,15H2,1H3,(H,16,17). The van der Waals surface area contributed by atoms with E-state index in [-0.39, 0.29) is 11.3 Å². The number of carboxylic acid groups (broad SMARTS) is 1. The second-order valence-electron chi connectivity index (χ2n) is 3.84. The van der Waals surface area contributed by atoms with Gasteiger partial charge in [0.05, 0.1) is 5.56 Å². The molecule has 0 saturated heterocycles. The van der Waals surface area contributed by atoms with Gasteiger partial charge < -0.3 is 10.8 Å².